The molecule has 0 unspecified atom stereocenters. The second-order valence-corrected chi connectivity index (χ2v) is 5.76. The summed E-state index contributed by atoms with van der Waals surface area (Å²) in [6.07, 6.45) is 5.43. The van der Waals surface area contributed by atoms with Gasteiger partial charge in [0.2, 0.25) is 0 Å². The van der Waals surface area contributed by atoms with Gasteiger partial charge in [0.25, 0.3) is 0 Å². The summed E-state index contributed by atoms with van der Waals surface area (Å²) in [5, 5.41) is 1.10. The lowest BCUT2D eigenvalue weighted by atomic mass is 10.0. The first-order valence-electron chi connectivity index (χ1n) is 7.74. The number of hydrogen-bond acceptors (Lipinski definition) is 4. The highest BCUT2D eigenvalue weighted by Gasteiger charge is 2.08. The maximum absolute atomic E-state index is 6.08. The van der Waals surface area contributed by atoms with Crippen molar-refractivity contribution in [3.05, 3.63) is 72.8 Å². The predicted molar refractivity (Wildman–Crippen MR) is 97.4 cm³/mol. The molecule has 0 saturated carbocycles. The summed E-state index contributed by atoms with van der Waals surface area (Å²) in [4.78, 5) is 13.1. The molecule has 4 nitrogen and oxygen atoms in total. The Morgan fingerprint density at radius 2 is 1.62 bits per heavy atom. The lowest BCUT2D eigenvalue weighted by Crippen LogP contribution is -1.95. The van der Waals surface area contributed by atoms with Crippen LogP contribution in [0.3, 0.4) is 0 Å². The van der Waals surface area contributed by atoms with E-state index in [4.69, 9.17) is 5.73 Å². The molecule has 0 bridgehead atoms. The molecule has 4 aromatic rings. The van der Waals surface area contributed by atoms with E-state index in [9.17, 15) is 0 Å². The number of benzene rings is 1. The Kier molecular flexibility index (Phi) is 3.43. The monoisotopic (exact) mass is 312 g/mol. The van der Waals surface area contributed by atoms with Crippen LogP contribution in [0.5, 0.6) is 0 Å². The summed E-state index contributed by atoms with van der Waals surface area (Å²) in [5.74, 6) is 0.506. The molecule has 3 aromatic heterocycles. The number of aromatic nitrogens is 3. The normalized spacial score (nSPS) is 10.9. The van der Waals surface area contributed by atoms with E-state index in [0.717, 1.165) is 38.9 Å². The largest absolute Gasteiger partial charge is 0.383 e. The van der Waals surface area contributed by atoms with Crippen LogP contribution < -0.4 is 5.73 Å². The van der Waals surface area contributed by atoms with Crippen LogP contribution in [0.15, 0.2) is 67.1 Å². The van der Waals surface area contributed by atoms with E-state index >= 15 is 0 Å². The van der Waals surface area contributed by atoms with Crippen LogP contribution in [0, 0.1) is 6.92 Å². The lowest BCUT2D eigenvalue weighted by molar-refractivity contribution is 1.20. The molecule has 0 aliphatic carbocycles. The average Bonchev–Trinajstić information content (AvgIpc) is 2.62. The van der Waals surface area contributed by atoms with Crippen molar-refractivity contribution in [3.8, 4) is 22.3 Å². The van der Waals surface area contributed by atoms with Gasteiger partial charge in [-0.05, 0) is 42.8 Å². The maximum Gasteiger partial charge on any atom is 0.131 e. The number of nitrogens with zero attached hydrogens (tertiary/aromatic N) is 3. The summed E-state index contributed by atoms with van der Waals surface area (Å²) in [5.41, 5.74) is 12.0. The van der Waals surface area contributed by atoms with Crippen molar-refractivity contribution in [2.45, 2.75) is 6.92 Å². The van der Waals surface area contributed by atoms with E-state index in [2.05, 4.69) is 39.2 Å². The summed E-state index contributed by atoms with van der Waals surface area (Å²) in [7, 11) is 0. The van der Waals surface area contributed by atoms with Gasteiger partial charge < -0.3 is 5.73 Å². The standard InChI is InChI=1S/C20H16N4/c1-13-4-5-16(11-23-13)18-10-17(12-24-20(18)21)14-6-7-19-15(9-14)3-2-8-22-19/h2-12H,1H3,(H2,21,24). The molecule has 0 aliphatic heterocycles. The minimum absolute atomic E-state index is 0.506. The molecule has 0 atom stereocenters. The van der Waals surface area contributed by atoms with E-state index < -0.39 is 0 Å². The van der Waals surface area contributed by atoms with Crippen LogP contribution in [-0.4, -0.2) is 15.0 Å². The van der Waals surface area contributed by atoms with Gasteiger partial charge in [0.05, 0.1) is 5.52 Å². The van der Waals surface area contributed by atoms with Gasteiger partial charge in [-0.25, -0.2) is 4.98 Å². The third-order valence-corrected chi connectivity index (χ3v) is 4.08. The molecular weight excluding hydrogens is 296 g/mol. The molecule has 0 saturated heterocycles. The van der Waals surface area contributed by atoms with Crippen molar-refractivity contribution >= 4 is 16.7 Å². The molecule has 0 aliphatic rings. The Morgan fingerprint density at radius 1 is 0.792 bits per heavy atom. The molecule has 0 fully saturated rings. The van der Waals surface area contributed by atoms with E-state index in [1.54, 1.807) is 12.4 Å². The molecule has 2 N–H and O–H groups in total. The molecule has 3 heterocycles. The van der Waals surface area contributed by atoms with Gasteiger partial charge in [-0.2, -0.15) is 0 Å². The van der Waals surface area contributed by atoms with Crippen LogP contribution >= 0.6 is 0 Å². The summed E-state index contributed by atoms with van der Waals surface area (Å²) in [6.45, 7) is 1.96. The minimum atomic E-state index is 0.506. The SMILES string of the molecule is Cc1ccc(-c2cc(-c3ccc4ncccc4c3)cnc2N)cn1. The fourth-order valence-electron chi connectivity index (χ4n) is 2.75. The van der Waals surface area contributed by atoms with Crippen LogP contribution in [0.1, 0.15) is 5.69 Å². The number of fused-ring (bicyclic) bond motifs is 1. The molecule has 0 radical (unpaired) electrons. The molecule has 0 spiro atoms. The number of anilines is 1. The number of nitrogens with two attached hydrogens (primary N) is 1. The highest BCUT2D eigenvalue weighted by atomic mass is 14.8. The smallest absolute Gasteiger partial charge is 0.131 e. The Balaban J connectivity index is 1.83. The Labute approximate surface area is 140 Å². The quantitative estimate of drug-likeness (QED) is 0.601. The highest BCUT2D eigenvalue weighted by Crippen LogP contribution is 2.30. The van der Waals surface area contributed by atoms with Crippen molar-refractivity contribution in [2.75, 3.05) is 5.73 Å². The zero-order valence-electron chi connectivity index (χ0n) is 13.3. The highest BCUT2D eigenvalue weighted by molar-refractivity contribution is 5.86. The molecular formula is C20H16N4. The van der Waals surface area contributed by atoms with E-state index in [1.807, 2.05) is 37.4 Å². The van der Waals surface area contributed by atoms with Gasteiger partial charge >= 0.3 is 0 Å². The lowest BCUT2D eigenvalue weighted by Gasteiger charge is -2.09. The van der Waals surface area contributed by atoms with Crippen LogP contribution in [0.25, 0.3) is 33.2 Å². The fourth-order valence-corrected chi connectivity index (χ4v) is 2.75. The minimum Gasteiger partial charge on any atom is -0.383 e. The van der Waals surface area contributed by atoms with Crippen LogP contribution in [-0.2, 0) is 0 Å². The zero-order chi connectivity index (χ0) is 16.5. The van der Waals surface area contributed by atoms with Crippen molar-refractivity contribution in [1.82, 2.24) is 15.0 Å². The number of nitrogen functional groups attached to an aromatic ring is 1. The molecule has 4 heteroatoms. The molecule has 4 rings (SSSR count). The second-order valence-electron chi connectivity index (χ2n) is 5.76. The van der Waals surface area contributed by atoms with Crippen molar-refractivity contribution in [2.24, 2.45) is 0 Å². The van der Waals surface area contributed by atoms with Crippen LogP contribution in [0.2, 0.25) is 0 Å². The molecule has 116 valence electrons. The molecule has 0 amide bonds. The first-order valence-corrected chi connectivity index (χ1v) is 7.74. The Bertz CT molecular complexity index is 1020. The zero-order valence-corrected chi connectivity index (χ0v) is 13.3. The van der Waals surface area contributed by atoms with Crippen molar-refractivity contribution in [1.29, 1.82) is 0 Å². The summed E-state index contributed by atoms with van der Waals surface area (Å²) in [6, 6.07) is 16.2. The maximum atomic E-state index is 6.08. The van der Waals surface area contributed by atoms with Gasteiger partial charge in [-0.1, -0.05) is 18.2 Å². The Morgan fingerprint density at radius 3 is 2.46 bits per heavy atom. The number of aryl methyl sites for hydroxylation is 1. The van der Waals surface area contributed by atoms with Gasteiger partial charge in [-0.3, -0.25) is 9.97 Å². The number of rotatable bonds is 2. The van der Waals surface area contributed by atoms with E-state index in [1.165, 1.54) is 0 Å². The van der Waals surface area contributed by atoms with Crippen LogP contribution in [0.4, 0.5) is 5.82 Å². The third kappa shape index (κ3) is 2.58. The van der Waals surface area contributed by atoms with Gasteiger partial charge in [-0.15, -0.1) is 0 Å². The van der Waals surface area contributed by atoms with E-state index in [0.29, 0.717) is 5.82 Å². The Hall–Kier alpha value is -3.27. The number of pyridine rings is 3. The first kappa shape index (κ1) is 14.3. The summed E-state index contributed by atoms with van der Waals surface area (Å²) < 4.78 is 0. The van der Waals surface area contributed by atoms with Crippen molar-refractivity contribution < 1.29 is 0 Å². The van der Waals surface area contributed by atoms with Crippen molar-refractivity contribution in [3.63, 3.8) is 0 Å². The van der Waals surface area contributed by atoms with Gasteiger partial charge in [0.1, 0.15) is 5.82 Å². The predicted octanol–water partition coefficient (Wildman–Crippen LogP) is 4.25. The fraction of sp³-hybridized carbons (Fsp3) is 0.0500. The molecule has 1 aromatic carbocycles. The number of hydrogen-bond donors (Lipinski definition) is 1. The average molecular weight is 312 g/mol. The van der Waals surface area contributed by atoms with Gasteiger partial charge in [0.15, 0.2) is 0 Å². The first-order chi connectivity index (χ1) is 11.7. The third-order valence-electron chi connectivity index (χ3n) is 4.08. The van der Waals surface area contributed by atoms with E-state index in [-0.39, 0.29) is 0 Å². The topological polar surface area (TPSA) is 64.7 Å². The van der Waals surface area contributed by atoms with Gasteiger partial charge in [0, 0.05) is 46.4 Å². The summed E-state index contributed by atoms with van der Waals surface area (Å²) >= 11 is 0. The second kappa shape index (κ2) is 5.74. The molecule has 24 heavy (non-hydrogen) atoms.